The van der Waals surface area contributed by atoms with Crippen molar-refractivity contribution >= 4 is 29.0 Å². The van der Waals surface area contributed by atoms with Crippen LogP contribution in [0.5, 0.6) is 0 Å². The van der Waals surface area contributed by atoms with E-state index < -0.39 is 0 Å². The number of likely N-dealkylation sites (tertiary alicyclic amines) is 1. The Morgan fingerprint density at radius 1 is 1.27 bits per heavy atom. The van der Waals surface area contributed by atoms with Crippen LogP contribution in [0.3, 0.4) is 0 Å². The van der Waals surface area contributed by atoms with E-state index in [0.29, 0.717) is 5.56 Å². The number of carbonyl (C=O) groups is 1. The molecule has 0 unspecified atom stereocenters. The second-order valence-corrected chi connectivity index (χ2v) is 8.08. The van der Waals surface area contributed by atoms with Gasteiger partial charge in [-0.15, -0.1) is 23.1 Å². The first-order chi connectivity index (χ1) is 12.7. The zero-order valence-corrected chi connectivity index (χ0v) is 16.1. The monoisotopic (exact) mass is 385 g/mol. The van der Waals surface area contributed by atoms with E-state index in [2.05, 4.69) is 9.97 Å². The predicted octanol–water partition coefficient (Wildman–Crippen LogP) is 4.63. The highest BCUT2D eigenvalue weighted by Crippen LogP contribution is 2.28. The first-order valence-electron chi connectivity index (χ1n) is 8.58. The Kier molecular flexibility index (Phi) is 5.08. The van der Waals surface area contributed by atoms with Gasteiger partial charge in [-0.2, -0.15) is 0 Å². The van der Waals surface area contributed by atoms with Crippen LogP contribution in [0.25, 0.3) is 10.8 Å². The van der Waals surface area contributed by atoms with E-state index in [1.807, 2.05) is 41.5 Å². The molecule has 0 saturated carbocycles. The van der Waals surface area contributed by atoms with E-state index >= 15 is 0 Å². The molecule has 0 aromatic carbocycles. The molecule has 0 atom stereocenters. The Morgan fingerprint density at radius 2 is 2.12 bits per heavy atom. The maximum atomic E-state index is 12.3. The van der Waals surface area contributed by atoms with Gasteiger partial charge < -0.3 is 9.32 Å². The standard InChI is InChI=1S/C19H19N3O2S2/c1-13-4-6-16(24-13)18-21-15(12-26-18)11-25-17-7-5-14(10-20-17)19(23)22-8-2-3-9-22/h4-7,10,12H,2-3,8-9,11H2,1H3. The number of amides is 1. The molecule has 1 aliphatic heterocycles. The van der Waals surface area contributed by atoms with E-state index in [0.717, 1.165) is 58.9 Å². The topological polar surface area (TPSA) is 59.2 Å². The van der Waals surface area contributed by atoms with Crippen molar-refractivity contribution in [3.8, 4) is 10.8 Å². The molecule has 7 heteroatoms. The number of thioether (sulfide) groups is 1. The summed E-state index contributed by atoms with van der Waals surface area (Å²) in [6, 6.07) is 7.67. The first-order valence-corrected chi connectivity index (χ1v) is 10.4. The van der Waals surface area contributed by atoms with Gasteiger partial charge in [-0.3, -0.25) is 4.79 Å². The van der Waals surface area contributed by atoms with Gasteiger partial charge in [0.25, 0.3) is 5.91 Å². The molecule has 5 nitrogen and oxygen atoms in total. The number of pyridine rings is 1. The summed E-state index contributed by atoms with van der Waals surface area (Å²) in [7, 11) is 0. The van der Waals surface area contributed by atoms with Crippen molar-refractivity contribution in [1.82, 2.24) is 14.9 Å². The normalized spacial score (nSPS) is 14.1. The minimum atomic E-state index is 0.0874. The first kappa shape index (κ1) is 17.3. The Hall–Kier alpha value is -2.12. The van der Waals surface area contributed by atoms with Gasteiger partial charge in [-0.25, -0.2) is 9.97 Å². The molecule has 3 aromatic heterocycles. The molecule has 1 aliphatic rings. The maximum absolute atomic E-state index is 12.3. The van der Waals surface area contributed by atoms with E-state index in [-0.39, 0.29) is 5.91 Å². The fourth-order valence-corrected chi connectivity index (χ4v) is 4.50. The van der Waals surface area contributed by atoms with Crippen molar-refractivity contribution in [2.75, 3.05) is 13.1 Å². The van der Waals surface area contributed by atoms with Crippen LogP contribution in [0.2, 0.25) is 0 Å². The second-order valence-electron chi connectivity index (χ2n) is 6.23. The second kappa shape index (κ2) is 7.63. The van der Waals surface area contributed by atoms with Crippen molar-refractivity contribution in [2.45, 2.75) is 30.5 Å². The van der Waals surface area contributed by atoms with Crippen LogP contribution in [0.4, 0.5) is 0 Å². The highest BCUT2D eigenvalue weighted by Gasteiger charge is 2.19. The van der Waals surface area contributed by atoms with Crippen molar-refractivity contribution in [1.29, 1.82) is 0 Å². The van der Waals surface area contributed by atoms with Crippen molar-refractivity contribution < 1.29 is 9.21 Å². The van der Waals surface area contributed by atoms with E-state index in [9.17, 15) is 4.79 Å². The summed E-state index contributed by atoms with van der Waals surface area (Å²) in [6.45, 7) is 3.64. The number of carbonyl (C=O) groups excluding carboxylic acids is 1. The summed E-state index contributed by atoms with van der Waals surface area (Å²) in [6.07, 6.45) is 3.88. The molecule has 1 fully saturated rings. The lowest BCUT2D eigenvalue weighted by molar-refractivity contribution is 0.0792. The Labute approximate surface area is 160 Å². The molecular weight excluding hydrogens is 366 g/mol. The van der Waals surface area contributed by atoms with Crippen LogP contribution < -0.4 is 0 Å². The molecule has 4 heterocycles. The average molecular weight is 386 g/mol. The third-order valence-corrected chi connectivity index (χ3v) is 6.13. The third-order valence-electron chi connectivity index (χ3n) is 4.25. The molecule has 0 spiro atoms. The van der Waals surface area contributed by atoms with Crippen molar-refractivity contribution in [2.24, 2.45) is 0 Å². The van der Waals surface area contributed by atoms with Gasteiger partial charge >= 0.3 is 0 Å². The Bertz CT molecular complexity index is 896. The van der Waals surface area contributed by atoms with Gasteiger partial charge in [0.15, 0.2) is 10.8 Å². The number of aryl methyl sites for hydroxylation is 1. The molecule has 26 heavy (non-hydrogen) atoms. The molecule has 1 amide bonds. The number of furan rings is 1. The summed E-state index contributed by atoms with van der Waals surface area (Å²) < 4.78 is 5.62. The maximum Gasteiger partial charge on any atom is 0.255 e. The van der Waals surface area contributed by atoms with Gasteiger partial charge in [-0.1, -0.05) is 0 Å². The van der Waals surface area contributed by atoms with Gasteiger partial charge in [0.2, 0.25) is 0 Å². The summed E-state index contributed by atoms with van der Waals surface area (Å²) >= 11 is 3.20. The summed E-state index contributed by atoms with van der Waals surface area (Å²) in [5, 5.41) is 3.84. The lowest BCUT2D eigenvalue weighted by atomic mass is 10.2. The molecule has 134 valence electrons. The van der Waals surface area contributed by atoms with Crippen molar-refractivity contribution in [3.63, 3.8) is 0 Å². The number of thiazole rings is 1. The molecule has 0 N–H and O–H groups in total. The minimum absolute atomic E-state index is 0.0874. The predicted molar refractivity (Wildman–Crippen MR) is 103 cm³/mol. The molecule has 0 radical (unpaired) electrons. The molecule has 1 saturated heterocycles. The number of aromatic nitrogens is 2. The lowest BCUT2D eigenvalue weighted by Crippen LogP contribution is -2.27. The van der Waals surface area contributed by atoms with Gasteiger partial charge in [0, 0.05) is 30.4 Å². The van der Waals surface area contributed by atoms with Crippen LogP contribution in [0.1, 0.15) is 34.7 Å². The quantitative estimate of drug-likeness (QED) is 0.599. The number of nitrogens with zero attached hydrogens (tertiary/aromatic N) is 3. The van der Waals surface area contributed by atoms with Crippen LogP contribution in [0, 0.1) is 6.92 Å². The molecule has 0 aliphatic carbocycles. The van der Waals surface area contributed by atoms with Gasteiger partial charge in [0.05, 0.1) is 16.3 Å². The smallest absolute Gasteiger partial charge is 0.255 e. The number of hydrogen-bond donors (Lipinski definition) is 0. The largest absolute Gasteiger partial charge is 0.459 e. The van der Waals surface area contributed by atoms with E-state index in [4.69, 9.17) is 4.42 Å². The van der Waals surface area contributed by atoms with Crippen LogP contribution in [-0.2, 0) is 5.75 Å². The average Bonchev–Trinajstić information content (AvgIpc) is 3.41. The summed E-state index contributed by atoms with van der Waals surface area (Å²) in [5.41, 5.74) is 1.67. The minimum Gasteiger partial charge on any atom is -0.459 e. The molecular formula is C19H19N3O2S2. The summed E-state index contributed by atoms with van der Waals surface area (Å²) in [4.78, 5) is 23.3. The zero-order chi connectivity index (χ0) is 17.9. The van der Waals surface area contributed by atoms with E-state index in [1.165, 1.54) is 0 Å². The fourth-order valence-electron chi connectivity index (χ4n) is 2.88. The Morgan fingerprint density at radius 3 is 2.81 bits per heavy atom. The highest BCUT2D eigenvalue weighted by atomic mass is 32.2. The van der Waals surface area contributed by atoms with Crippen molar-refractivity contribution in [3.05, 3.63) is 52.9 Å². The number of rotatable bonds is 5. The lowest BCUT2D eigenvalue weighted by Gasteiger charge is -2.14. The Balaban J connectivity index is 1.36. The SMILES string of the molecule is Cc1ccc(-c2nc(CSc3ccc(C(=O)N4CCCC4)cn3)cs2)o1. The summed E-state index contributed by atoms with van der Waals surface area (Å²) in [5.74, 6) is 2.53. The van der Waals surface area contributed by atoms with E-state index in [1.54, 1.807) is 29.3 Å². The van der Waals surface area contributed by atoms with Crippen LogP contribution >= 0.6 is 23.1 Å². The van der Waals surface area contributed by atoms with Crippen LogP contribution in [0.15, 0.2) is 45.3 Å². The third kappa shape index (κ3) is 3.83. The molecule has 3 aromatic rings. The fraction of sp³-hybridized carbons (Fsp3) is 0.316. The molecule has 0 bridgehead atoms. The number of hydrogen-bond acceptors (Lipinski definition) is 6. The van der Waals surface area contributed by atoms with Gasteiger partial charge in [-0.05, 0) is 44.0 Å². The molecule has 4 rings (SSSR count). The highest BCUT2D eigenvalue weighted by molar-refractivity contribution is 7.98. The van der Waals surface area contributed by atoms with Crippen LogP contribution in [-0.4, -0.2) is 33.9 Å². The zero-order valence-electron chi connectivity index (χ0n) is 14.5. The van der Waals surface area contributed by atoms with Gasteiger partial charge in [0.1, 0.15) is 5.76 Å².